The summed E-state index contributed by atoms with van der Waals surface area (Å²) in [6.07, 6.45) is 1.70. The van der Waals surface area contributed by atoms with Gasteiger partial charge in [0.05, 0.1) is 23.4 Å². The summed E-state index contributed by atoms with van der Waals surface area (Å²) in [6, 6.07) is 12.1. The normalized spacial score (nSPS) is 11.5. The summed E-state index contributed by atoms with van der Waals surface area (Å²) in [7, 11) is -3.70. The summed E-state index contributed by atoms with van der Waals surface area (Å²) < 4.78 is 40.9. The molecule has 0 amide bonds. The summed E-state index contributed by atoms with van der Waals surface area (Å²) in [5.74, 6) is 0.925. The number of aromatic nitrogens is 2. The van der Waals surface area contributed by atoms with E-state index >= 15 is 0 Å². The number of thioether (sulfide) groups is 1. The Hall–Kier alpha value is -2.36. The number of benzene rings is 2. The monoisotopic (exact) mass is 393 g/mol. The van der Waals surface area contributed by atoms with Crippen LogP contribution in [-0.4, -0.2) is 30.7 Å². The number of nitrogens with zero attached hydrogens (tertiary/aromatic N) is 1. The van der Waals surface area contributed by atoms with Gasteiger partial charge in [0, 0.05) is 5.75 Å². The zero-order valence-corrected chi connectivity index (χ0v) is 15.2. The largest absolute Gasteiger partial charge is 0.493 e. The summed E-state index contributed by atoms with van der Waals surface area (Å²) >= 11 is 1.48. The van der Waals surface area contributed by atoms with E-state index in [1.54, 1.807) is 30.5 Å². The van der Waals surface area contributed by atoms with Gasteiger partial charge in [0.15, 0.2) is 5.16 Å². The van der Waals surface area contributed by atoms with Crippen molar-refractivity contribution in [1.29, 1.82) is 0 Å². The van der Waals surface area contributed by atoms with Crippen molar-refractivity contribution in [3.63, 3.8) is 0 Å². The number of hydrogen-bond donors (Lipinski definition) is 2. The highest BCUT2D eigenvalue weighted by molar-refractivity contribution is 7.99. The highest BCUT2D eigenvalue weighted by Crippen LogP contribution is 2.22. The van der Waals surface area contributed by atoms with E-state index in [-0.39, 0.29) is 10.7 Å². The van der Waals surface area contributed by atoms with Gasteiger partial charge < -0.3 is 9.72 Å². The molecule has 26 heavy (non-hydrogen) atoms. The minimum atomic E-state index is -3.70. The Balaban J connectivity index is 1.49. The van der Waals surface area contributed by atoms with Gasteiger partial charge in [0.2, 0.25) is 10.0 Å². The standard InChI is InChI=1S/C17H16FN3O3S2/c18-13-3-1-12(2-4-13)16-11-20-17(21-16)25-10-9-24-14-5-7-15(8-6-14)26(19,22)23/h1-8,11H,9-10H2,(H,20,21)(H2,19,22,23). The molecular weight excluding hydrogens is 377 g/mol. The molecule has 0 aliphatic carbocycles. The summed E-state index contributed by atoms with van der Waals surface area (Å²) in [6.45, 7) is 0.423. The molecule has 136 valence electrons. The van der Waals surface area contributed by atoms with Crippen molar-refractivity contribution in [2.75, 3.05) is 12.4 Å². The van der Waals surface area contributed by atoms with Crippen molar-refractivity contribution < 1.29 is 17.5 Å². The molecule has 0 bridgehead atoms. The molecule has 3 aromatic rings. The SMILES string of the molecule is NS(=O)(=O)c1ccc(OCCSc2ncc(-c3ccc(F)cc3)[nH]2)cc1. The first kappa shape index (κ1) is 18.4. The number of halogens is 1. The van der Waals surface area contributed by atoms with Gasteiger partial charge in [-0.15, -0.1) is 0 Å². The number of aromatic amines is 1. The van der Waals surface area contributed by atoms with E-state index in [1.165, 1.54) is 36.0 Å². The lowest BCUT2D eigenvalue weighted by Gasteiger charge is -2.06. The van der Waals surface area contributed by atoms with Crippen LogP contribution in [0.1, 0.15) is 0 Å². The van der Waals surface area contributed by atoms with Gasteiger partial charge in [0.25, 0.3) is 0 Å². The van der Waals surface area contributed by atoms with Crippen LogP contribution < -0.4 is 9.88 Å². The average molecular weight is 393 g/mol. The van der Waals surface area contributed by atoms with Gasteiger partial charge in [-0.25, -0.2) is 22.9 Å². The Morgan fingerprint density at radius 2 is 1.81 bits per heavy atom. The molecule has 0 aliphatic heterocycles. The number of ether oxygens (including phenoxy) is 1. The molecule has 0 saturated heterocycles. The number of nitrogens with two attached hydrogens (primary N) is 1. The molecule has 0 fully saturated rings. The number of primary sulfonamides is 1. The molecule has 1 heterocycles. The Morgan fingerprint density at radius 1 is 1.12 bits per heavy atom. The van der Waals surface area contributed by atoms with Gasteiger partial charge >= 0.3 is 0 Å². The quantitative estimate of drug-likeness (QED) is 0.475. The molecule has 1 aromatic heterocycles. The third-order valence-corrected chi connectivity index (χ3v) is 5.23. The molecule has 9 heteroatoms. The molecule has 0 radical (unpaired) electrons. The van der Waals surface area contributed by atoms with Crippen molar-refractivity contribution in [3.05, 3.63) is 60.5 Å². The first-order chi connectivity index (χ1) is 12.4. The fourth-order valence-electron chi connectivity index (χ4n) is 2.18. The van der Waals surface area contributed by atoms with Crippen LogP contribution in [0.2, 0.25) is 0 Å². The Kier molecular flexibility index (Phi) is 5.60. The van der Waals surface area contributed by atoms with Gasteiger partial charge in [-0.1, -0.05) is 11.8 Å². The first-order valence-electron chi connectivity index (χ1n) is 7.61. The Labute approximate surface area is 154 Å². The maximum Gasteiger partial charge on any atom is 0.238 e. The minimum absolute atomic E-state index is 0.0446. The number of hydrogen-bond acceptors (Lipinski definition) is 5. The lowest BCUT2D eigenvalue weighted by molar-refractivity contribution is 0.343. The second-order valence-corrected chi connectivity index (χ2v) is 7.97. The second kappa shape index (κ2) is 7.90. The van der Waals surface area contributed by atoms with E-state index in [2.05, 4.69) is 9.97 Å². The lowest BCUT2D eigenvalue weighted by Crippen LogP contribution is -2.11. The van der Waals surface area contributed by atoms with E-state index in [9.17, 15) is 12.8 Å². The van der Waals surface area contributed by atoms with Crippen molar-refractivity contribution in [2.45, 2.75) is 10.1 Å². The maximum absolute atomic E-state index is 13.0. The van der Waals surface area contributed by atoms with E-state index in [1.807, 2.05) is 0 Å². The van der Waals surface area contributed by atoms with Crippen LogP contribution in [0.15, 0.2) is 64.8 Å². The highest BCUT2D eigenvalue weighted by atomic mass is 32.2. The number of imidazole rings is 1. The van der Waals surface area contributed by atoms with Crippen LogP contribution in [0.25, 0.3) is 11.3 Å². The summed E-state index contributed by atoms with van der Waals surface area (Å²) in [5.41, 5.74) is 1.67. The lowest BCUT2D eigenvalue weighted by atomic mass is 10.2. The molecule has 0 atom stereocenters. The predicted molar refractivity (Wildman–Crippen MR) is 98.0 cm³/mol. The number of sulfonamides is 1. The Morgan fingerprint density at radius 3 is 2.46 bits per heavy atom. The number of nitrogens with one attached hydrogen (secondary N) is 1. The van der Waals surface area contributed by atoms with Crippen molar-refractivity contribution in [3.8, 4) is 17.0 Å². The molecule has 0 unspecified atom stereocenters. The highest BCUT2D eigenvalue weighted by Gasteiger charge is 2.07. The third kappa shape index (κ3) is 4.84. The molecule has 3 N–H and O–H groups in total. The molecule has 2 aromatic carbocycles. The average Bonchev–Trinajstić information content (AvgIpc) is 3.08. The van der Waals surface area contributed by atoms with E-state index in [4.69, 9.17) is 9.88 Å². The maximum atomic E-state index is 13.0. The predicted octanol–water partition coefficient (Wildman–Crippen LogP) is 3.03. The van der Waals surface area contributed by atoms with E-state index < -0.39 is 10.0 Å². The fourth-order valence-corrected chi connectivity index (χ4v) is 3.36. The van der Waals surface area contributed by atoms with Crippen molar-refractivity contribution in [1.82, 2.24) is 9.97 Å². The second-order valence-electron chi connectivity index (χ2n) is 5.32. The van der Waals surface area contributed by atoms with Crippen LogP contribution in [0, 0.1) is 5.82 Å². The van der Waals surface area contributed by atoms with Gasteiger partial charge in [0.1, 0.15) is 11.6 Å². The third-order valence-electron chi connectivity index (χ3n) is 3.45. The summed E-state index contributed by atoms with van der Waals surface area (Å²) in [4.78, 5) is 7.49. The summed E-state index contributed by atoms with van der Waals surface area (Å²) in [5, 5.41) is 5.78. The zero-order valence-electron chi connectivity index (χ0n) is 13.6. The smallest absolute Gasteiger partial charge is 0.238 e. The molecule has 0 saturated carbocycles. The molecule has 6 nitrogen and oxygen atoms in total. The molecule has 0 spiro atoms. The molecular formula is C17H16FN3O3S2. The Bertz CT molecular complexity index is 971. The zero-order chi connectivity index (χ0) is 18.6. The van der Waals surface area contributed by atoms with Crippen molar-refractivity contribution >= 4 is 21.8 Å². The van der Waals surface area contributed by atoms with Crippen LogP contribution in [0.5, 0.6) is 5.75 Å². The first-order valence-corrected chi connectivity index (χ1v) is 10.1. The van der Waals surface area contributed by atoms with Crippen LogP contribution in [0.4, 0.5) is 4.39 Å². The number of H-pyrrole nitrogens is 1. The fraction of sp³-hybridized carbons (Fsp3) is 0.118. The van der Waals surface area contributed by atoms with Crippen LogP contribution >= 0.6 is 11.8 Å². The van der Waals surface area contributed by atoms with E-state index in [0.717, 1.165) is 16.4 Å². The molecule has 3 rings (SSSR count). The van der Waals surface area contributed by atoms with Gasteiger partial charge in [-0.2, -0.15) is 0 Å². The van der Waals surface area contributed by atoms with E-state index in [0.29, 0.717) is 18.1 Å². The topological polar surface area (TPSA) is 98.1 Å². The molecule has 0 aliphatic rings. The number of rotatable bonds is 7. The minimum Gasteiger partial charge on any atom is -0.493 e. The van der Waals surface area contributed by atoms with Crippen molar-refractivity contribution in [2.24, 2.45) is 5.14 Å². The van der Waals surface area contributed by atoms with Gasteiger partial charge in [-0.05, 0) is 54.1 Å². The van der Waals surface area contributed by atoms with Crippen LogP contribution in [-0.2, 0) is 10.0 Å². The van der Waals surface area contributed by atoms with Gasteiger partial charge in [-0.3, -0.25) is 0 Å². The van der Waals surface area contributed by atoms with Crippen LogP contribution in [0.3, 0.4) is 0 Å².